The van der Waals surface area contributed by atoms with E-state index in [1.165, 1.54) is 24.9 Å². The number of hydrogen-bond donors (Lipinski definition) is 0. The Labute approximate surface area is 96.1 Å². The Hall–Kier alpha value is -1.50. The minimum Gasteiger partial charge on any atom is -0.361 e. The van der Waals surface area contributed by atoms with Crippen LogP contribution in [-0.4, -0.2) is 12.1 Å². The Balaban J connectivity index is 1.81. The molecule has 0 spiro atoms. The summed E-state index contributed by atoms with van der Waals surface area (Å²) in [5, 5.41) is 0. The van der Waals surface area contributed by atoms with Crippen molar-refractivity contribution in [2.75, 3.05) is 4.90 Å². The van der Waals surface area contributed by atoms with E-state index in [1.54, 1.807) is 11.1 Å². The number of fused-ring (bicyclic) bond motifs is 5. The Bertz CT molecular complexity index is 498. The monoisotopic (exact) mass is 209 g/mol. The molecule has 1 nitrogen and oxygen atoms in total. The summed E-state index contributed by atoms with van der Waals surface area (Å²) in [6.45, 7) is 0. The molecule has 3 aliphatic rings. The molecular weight excluding hydrogens is 194 g/mol. The molecule has 80 valence electrons. The van der Waals surface area contributed by atoms with Crippen LogP contribution >= 0.6 is 0 Å². The van der Waals surface area contributed by atoms with Gasteiger partial charge in [0.2, 0.25) is 0 Å². The highest BCUT2D eigenvalue weighted by molar-refractivity contribution is 5.64. The number of hydrogen-bond acceptors (Lipinski definition) is 1. The van der Waals surface area contributed by atoms with Gasteiger partial charge in [-0.2, -0.15) is 0 Å². The summed E-state index contributed by atoms with van der Waals surface area (Å²) in [4.78, 5) is 2.66. The van der Waals surface area contributed by atoms with Crippen LogP contribution in [0.15, 0.2) is 48.1 Å². The molecule has 2 aliphatic heterocycles. The van der Waals surface area contributed by atoms with Crippen LogP contribution in [0, 0.1) is 0 Å². The zero-order valence-corrected chi connectivity index (χ0v) is 9.26. The van der Waals surface area contributed by atoms with Gasteiger partial charge in [-0.3, -0.25) is 0 Å². The molecule has 0 N–H and O–H groups in total. The van der Waals surface area contributed by atoms with Crippen LogP contribution in [0.5, 0.6) is 0 Å². The van der Waals surface area contributed by atoms with E-state index in [0.717, 1.165) is 6.04 Å². The summed E-state index contributed by atoms with van der Waals surface area (Å²) >= 11 is 0. The fraction of sp³-hybridized carbons (Fsp3) is 0.333. The molecule has 2 unspecified atom stereocenters. The van der Waals surface area contributed by atoms with Crippen LogP contribution in [0.4, 0.5) is 5.69 Å². The second-order valence-electron chi connectivity index (χ2n) is 5.02. The summed E-state index contributed by atoms with van der Waals surface area (Å²) in [5.41, 5.74) is 4.67. The summed E-state index contributed by atoms with van der Waals surface area (Å²) in [7, 11) is 0. The SMILES string of the molecule is C1=CCC2C(=C1)CC1Cc3ccccc3N12. The molecule has 0 amide bonds. The first kappa shape index (κ1) is 8.63. The molecule has 1 heteroatoms. The Morgan fingerprint density at radius 2 is 2.06 bits per heavy atom. The topological polar surface area (TPSA) is 3.24 Å². The van der Waals surface area contributed by atoms with E-state index in [1.807, 2.05) is 0 Å². The average molecular weight is 209 g/mol. The highest BCUT2D eigenvalue weighted by Gasteiger charge is 2.41. The highest BCUT2D eigenvalue weighted by Crippen LogP contribution is 2.44. The zero-order valence-electron chi connectivity index (χ0n) is 9.26. The van der Waals surface area contributed by atoms with Gasteiger partial charge in [-0.25, -0.2) is 0 Å². The fourth-order valence-electron chi connectivity index (χ4n) is 3.51. The van der Waals surface area contributed by atoms with E-state index in [2.05, 4.69) is 47.4 Å². The molecule has 1 fully saturated rings. The molecule has 1 aliphatic carbocycles. The van der Waals surface area contributed by atoms with Gasteiger partial charge in [0, 0.05) is 11.7 Å². The van der Waals surface area contributed by atoms with E-state index in [9.17, 15) is 0 Å². The summed E-state index contributed by atoms with van der Waals surface area (Å²) in [6, 6.07) is 10.3. The minimum absolute atomic E-state index is 0.652. The third kappa shape index (κ3) is 1.01. The lowest BCUT2D eigenvalue weighted by molar-refractivity contribution is 0.668. The number of benzene rings is 1. The molecule has 2 heterocycles. The lowest BCUT2D eigenvalue weighted by atomic mass is 9.96. The van der Waals surface area contributed by atoms with Crippen molar-refractivity contribution in [3.05, 3.63) is 53.6 Å². The Morgan fingerprint density at radius 1 is 1.12 bits per heavy atom. The smallest absolute Gasteiger partial charge is 0.0544 e. The third-order valence-electron chi connectivity index (χ3n) is 4.16. The van der Waals surface area contributed by atoms with E-state index in [4.69, 9.17) is 0 Å². The van der Waals surface area contributed by atoms with Gasteiger partial charge in [0.15, 0.2) is 0 Å². The van der Waals surface area contributed by atoms with Gasteiger partial charge in [-0.15, -0.1) is 0 Å². The standard InChI is InChI=1S/C15H15N/c1-3-7-14-11(5-1)9-13-10-12-6-2-4-8-15(12)16(13)14/h1-7,13,15H,8-10H2. The molecule has 1 aromatic rings. The summed E-state index contributed by atoms with van der Waals surface area (Å²) < 4.78 is 0. The van der Waals surface area contributed by atoms with Crippen molar-refractivity contribution < 1.29 is 0 Å². The predicted molar refractivity (Wildman–Crippen MR) is 66.7 cm³/mol. The summed E-state index contributed by atoms with van der Waals surface area (Å²) in [5.74, 6) is 0. The molecule has 0 saturated carbocycles. The van der Waals surface area contributed by atoms with Crippen LogP contribution in [0.25, 0.3) is 0 Å². The molecule has 0 radical (unpaired) electrons. The maximum Gasteiger partial charge on any atom is 0.0544 e. The van der Waals surface area contributed by atoms with Crippen molar-refractivity contribution in [1.29, 1.82) is 0 Å². The van der Waals surface area contributed by atoms with Gasteiger partial charge in [-0.05, 0) is 36.5 Å². The molecule has 1 aromatic carbocycles. The second kappa shape index (κ2) is 3.00. The first-order valence-electron chi connectivity index (χ1n) is 6.15. The lowest BCUT2D eigenvalue weighted by Gasteiger charge is -2.28. The van der Waals surface area contributed by atoms with Gasteiger partial charge in [0.1, 0.15) is 0 Å². The largest absolute Gasteiger partial charge is 0.361 e. The molecule has 1 saturated heterocycles. The van der Waals surface area contributed by atoms with Crippen LogP contribution in [0.1, 0.15) is 18.4 Å². The Morgan fingerprint density at radius 3 is 3.06 bits per heavy atom. The van der Waals surface area contributed by atoms with Crippen LogP contribution in [0.2, 0.25) is 0 Å². The van der Waals surface area contributed by atoms with Crippen molar-refractivity contribution in [3.8, 4) is 0 Å². The Kier molecular flexibility index (Phi) is 1.62. The zero-order chi connectivity index (χ0) is 10.5. The van der Waals surface area contributed by atoms with E-state index >= 15 is 0 Å². The van der Waals surface area contributed by atoms with Crippen molar-refractivity contribution >= 4 is 5.69 Å². The lowest BCUT2D eigenvalue weighted by Crippen LogP contribution is -2.33. The first-order chi connectivity index (χ1) is 7.93. The minimum atomic E-state index is 0.652. The number of anilines is 1. The highest BCUT2D eigenvalue weighted by atomic mass is 15.2. The van der Waals surface area contributed by atoms with Crippen LogP contribution in [0.3, 0.4) is 0 Å². The van der Waals surface area contributed by atoms with Crippen LogP contribution < -0.4 is 4.90 Å². The van der Waals surface area contributed by atoms with Crippen molar-refractivity contribution in [3.63, 3.8) is 0 Å². The molecule has 4 rings (SSSR count). The molecule has 2 atom stereocenters. The van der Waals surface area contributed by atoms with Crippen molar-refractivity contribution in [2.24, 2.45) is 0 Å². The molecular formula is C15H15N. The molecule has 0 bridgehead atoms. The van der Waals surface area contributed by atoms with E-state index in [0.29, 0.717) is 6.04 Å². The van der Waals surface area contributed by atoms with E-state index in [-0.39, 0.29) is 0 Å². The number of para-hydroxylation sites is 1. The van der Waals surface area contributed by atoms with Gasteiger partial charge in [0.05, 0.1) is 6.04 Å². The normalized spacial score (nSPS) is 29.8. The number of allylic oxidation sites excluding steroid dienone is 2. The second-order valence-corrected chi connectivity index (χ2v) is 5.02. The maximum atomic E-state index is 2.66. The van der Waals surface area contributed by atoms with Crippen molar-refractivity contribution in [1.82, 2.24) is 0 Å². The summed E-state index contributed by atoms with van der Waals surface area (Å²) in [6.07, 6.45) is 10.6. The van der Waals surface area contributed by atoms with Gasteiger partial charge >= 0.3 is 0 Å². The molecule has 16 heavy (non-hydrogen) atoms. The third-order valence-corrected chi connectivity index (χ3v) is 4.16. The van der Waals surface area contributed by atoms with Crippen molar-refractivity contribution in [2.45, 2.75) is 31.3 Å². The van der Waals surface area contributed by atoms with Gasteiger partial charge in [0.25, 0.3) is 0 Å². The number of rotatable bonds is 0. The molecule has 0 aromatic heterocycles. The fourth-order valence-corrected chi connectivity index (χ4v) is 3.51. The maximum absolute atomic E-state index is 2.66. The first-order valence-corrected chi connectivity index (χ1v) is 6.15. The quantitative estimate of drug-likeness (QED) is 0.634. The predicted octanol–water partition coefficient (Wildman–Crippen LogP) is 3.08. The average Bonchev–Trinajstić information content (AvgIpc) is 2.83. The van der Waals surface area contributed by atoms with Crippen LogP contribution in [-0.2, 0) is 6.42 Å². The van der Waals surface area contributed by atoms with E-state index < -0.39 is 0 Å². The van der Waals surface area contributed by atoms with Gasteiger partial charge in [-0.1, -0.05) is 36.4 Å². The number of nitrogens with zero attached hydrogens (tertiary/aromatic N) is 1. The van der Waals surface area contributed by atoms with Gasteiger partial charge < -0.3 is 4.90 Å².